The van der Waals surface area contributed by atoms with Crippen molar-refractivity contribution in [3.05, 3.63) is 0 Å². The Hall–Kier alpha value is -2.77. The van der Waals surface area contributed by atoms with Crippen LogP contribution in [0.1, 0.15) is 27.2 Å². The van der Waals surface area contributed by atoms with E-state index in [9.17, 15) is 34.2 Å². The summed E-state index contributed by atoms with van der Waals surface area (Å²) in [4.78, 5) is 58.0. The van der Waals surface area contributed by atoms with Crippen LogP contribution in [-0.2, 0) is 24.0 Å². The van der Waals surface area contributed by atoms with Gasteiger partial charge < -0.3 is 42.1 Å². The van der Waals surface area contributed by atoms with Crippen molar-refractivity contribution in [1.82, 2.24) is 16.0 Å². The van der Waals surface area contributed by atoms with Crippen LogP contribution in [0.5, 0.6) is 0 Å². The fraction of sp³-hybridized carbons (Fsp3) is 0.667. The van der Waals surface area contributed by atoms with Crippen molar-refractivity contribution in [2.45, 2.75) is 63.6 Å². The maximum Gasteiger partial charge on any atom is 0.328 e. The van der Waals surface area contributed by atoms with Crippen molar-refractivity contribution < 1.29 is 44.4 Å². The van der Waals surface area contributed by atoms with Crippen LogP contribution in [0.4, 0.5) is 0 Å². The number of nitrogens with one attached hydrogen (secondary N) is 3. The Morgan fingerprint density at radius 1 is 0.821 bits per heavy atom. The summed E-state index contributed by atoms with van der Waals surface area (Å²) in [7, 11) is 0. The predicted octanol–water partition coefficient (Wildman–Crippen LogP) is -3.89. The maximum absolute atomic E-state index is 12.2. The Morgan fingerprint density at radius 3 is 1.75 bits per heavy atom. The molecule has 3 amide bonds. The highest BCUT2D eigenvalue weighted by atomic mass is 16.4. The highest BCUT2D eigenvalue weighted by molar-refractivity contribution is 5.95. The molecule has 9 N–H and O–H groups in total. The van der Waals surface area contributed by atoms with Gasteiger partial charge in [-0.15, -0.1) is 0 Å². The average Bonchev–Trinajstić information content (AvgIpc) is 2.56. The molecule has 0 bridgehead atoms. The second-order valence-corrected chi connectivity index (χ2v) is 6.22. The van der Waals surface area contributed by atoms with Crippen LogP contribution in [0.3, 0.4) is 0 Å². The molecule has 0 radical (unpaired) electrons. The van der Waals surface area contributed by atoms with Gasteiger partial charge in [0.2, 0.25) is 17.7 Å². The molecule has 13 heteroatoms. The summed E-state index contributed by atoms with van der Waals surface area (Å²) in [5.74, 6) is -5.90. The third-order valence-corrected chi connectivity index (χ3v) is 3.63. The van der Waals surface area contributed by atoms with Crippen molar-refractivity contribution in [2.75, 3.05) is 0 Å². The van der Waals surface area contributed by atoms with Crippen molar-refractivity contribution >= 4 is 29.7 Å². The average molecular weight is 406 g/mol. The summed E-state index contributed by atoms with van der Waals surface area (Å²) in [6.07, 6.45) is -3.50. The van der Waals surface area contributed by atoms with Gasteiger partial charge in [0.05, 0.1) is 18.6 Å². The lowest BCUT2D eigenvalue weighted by molar-refractivity contribution is -0.145. The molecule has 0 aromatic heterocycles. The molecule has 6 atom stereocenters. The number of carboxylic acid groups (broad SMARTS) is 2. The number of rotatable bonds is 11. The number of aliphatic carboxylic acids is 2. The molecule has 0 rings (SSSR count). The lowest BCUT2D eigenvalue weighted by Gasteiger charge is -2.23. The Bertz CT molecular complexity index is 608. The standard InChI is InChI=1S/C15H26N4O9/c1-5(12(24)19-11(7(3)21)15(27)28)17-13(25)8(4-9(22)23)18-14(26)10(16)6(2)20/h5-8,10-11,20-21H,4,16H2,1-3H3,(H,17,25)(H,18,26)(H,19,24)(H,22,23)(H,27,28). The van der Waals surface area contributed by atoms with Gasteiger partial charge in [-0.2, -0.15) is 0 Å². The highest BCUT2D eigenvalue weighted by Gasteiger charge is 2.31. The molecule has 0 aromatic rings. The largest absolute Gasteiger partial charge is 0.481 e. The first-order valence-corrected chi connectivity index (χ1v) is 8.25. The number of aliphatic hydroxyl groups is 2. The van der Waals surface area contributed by atoms with Crippen LogP contribution in [-0.4, -0.2) is 86.5 Å². The van der Waals surface area contributed by atoms with Gasteiger partial charge in [0.15, 0.2) is 6.04 Å². The zero-order valence-electron chi connectivity index (χ0n) is 15.6. The van der Waals surface area contributed by atoms with Gasteiger partial charge in [-0.25, -0.2) is 4.79 Å². The second kappa shape index (κ2) is 11.2. The molecule has 28 heavy (non-hydrogen) atoms. The molecule has 0 saturated carbocycles. The van der Waals surface area contributed by atoms with Crippen LogP contribution >= 0.6 is 0 Å². The highest BCUT2D eigenvalue weighted by Crippen LogP contribution is 1.99. The van der Waals surface area contributed by atoms with E-state index in [0.717, 1.165) is 6.92 Å². The summed E-state index contributed by atoms with van der Waals surface area (Å²) in [6, 6.07) is -5.94. The number of carboxylic acids is 2. The number of amides is 3. The fourth-order valence-corrected chi connectivity index (χ4v) is 1.92. The zero-order valence-corrected chi connectivity index (χ0v) is 15.6. The first kappa shape index (κ1) is 25.2. The molecule has 0 aliphatic carbocycles. The predicted molar refractivity (Wildman–Crippen MR) is 92.7 cm³/mol. The van der Waals surface area contributed by atoms with E-state index in [-0.39, 0.29) is 0 Å². The number of aliphatic hydroxyl groups excluding tert-OH is 2. The minimum atomic E-state index is -1.62. The van der Waals surface area contributed by atoms with Gasteiger partial charge in [0.1, 0.15) is 18.1 Å². The van der Waals surface area contributed by atoms with E-state index in [4.69, 9.17) is 15.9 Å². The maximum atomic E-state index is 12.2. The summed E-state index contributed by atoms with van der Waals surface area (Å²) in [5.41, 5.74) is 5.42. The zero-order chi connectivity index (χ0) is 22.2. The SMILES string of the molecule is CC(NC(=O)C(CC(=O)O)NC(=O)C(N)C(C)O)C(=O)NC(C(=O)O)C(C)O. The molecule has 160 valence electrons. The lowest BCUT2D eigenvalue weighted by atomic mass is 10.1. The fourth-order valence-electron chi connectivity index (χ4n) is 1.92. The van der Waals surface area contributed by atoms with Gasteiger partial charge >= 0.3 is 11.9 Å². The Kier molecular flexibility index (Phi) is 10.1. The third-order valence-electron chi connectivity index (χ3n) is 3.63. The van der Waals surface area contributed by atoms with E-state index in [1.807, 2.05) is 5.32 Å². The molecular formula is C15H26N4O9. The molecule has 0 aliphatic heterocycles. The molecule has 13 nitrogen and oxygen atoms in total. The third kappa shape index (κ3) is 8.28. The summed E-state index contributed by atoms with van der Waals surface area (Å²) >= 11 is 0. The van der Waals surface area contributed by atoms with E-state index in [1.165, 1.54) is 13.8 Å². The molecular weight excluding hydrogens is 380 g/mol. The molecule has 0 heterocycles. The van der Waals surface area contributed by atoms with Crippen LogP contribution < -0.4 is 21.7 Å². The minimum Gasteiger partial charge on any atom is -0.481 e. The van der Waals surface area contributed by atoms with Gasteiger partial charge in [-0.3, -0.25) is 19.2 Å². The molecule has 0 aromatic carbocycles. The van der Waals surface area contributed by atoms with Crippen molar-refractivity contribution in [2.24, 2.45) is 5.73 Å². The van der Waals surface area contributed by atoms with Gasteiger partial charge in [-0.1, -0.05) is 0 Å². The van der Waals surface area contributed by atoms with Crippen LogP contribution in [0.25, 0.3) is 0 Å². The van der Waals surface area contributed by atoms with E-state index in [0.29, 0.717) is 0 Å². The Balaban J connectivity index is 5.09. The van der Waals surface area contributed by atoms with E-state index >= 15 is 0 Å². The Morgan fingerprint density at radius 2 is 1.36 bits per heavy atom. The summed E-state index contributed by atoms with van der Waals surface area (Å²) in [6.45, 7) is 3.56. The van der Waals surface area contributed by atoms with Gasteiger partial charge in [0.25, 0.3) is 0 Å². The number of carbonyl (C=O) groups excluding carboxylic acids is 3. The smallest absolute Gasteiger partial charge is 0.328 e. The summed E-state index contributed by atoms with van der Waals surface area (Å²) in [5, 5.41) is 42.7. The summed E-state index contributed by atoms with van der Waals surface area (Å²) < 4.78 is 0. The first-order valence-electron chi connectivity index (χ1n) is 8.25. The Labute approximate surface area is 160 Å². The van der Waals surface area contributed by atoms with Crippen molar-refractivity contribution in [3.8, 4) is 0 Å². The number of hydrogen-bond acceptors (Lipinski definition) is 8. The number of hydrogen-bond donors (Lipinski definition) is 8. The van der Waals surface area contributed by atoms with Crippen LogP contribution in [0.2, 0.25) is 0 Å². The molecule has 0 spiro atoms. The van der Waals surface area contributed by atoms with Crippen LogP contribution in [0.15, 0.2) is 0 Å². The lowest BCUT2D eigenvalue weighted by Crippen LogP contribution is -2.58. The molecule has 0 saturated heterocycles. The van der Waals surface area contributed by atoms with Crippen LogP contribution in [0, 0.1) is 0 Å². The van der Waals surface area contributed by atoms with E-state index in [2.05, 4.69) is 10.6 Å². The topological polar surface area (TPSA) is 228 Å². The monoisotopic (exact) mass is 406 g/mol. The first-order chi connectivity index (χ1) is 12.8. The van der Waals surface area contributed by atoms with Gasteiger partial charge in [0, 0.05) is 0 Å². The molecule has 0 fully saturated rings. The quantitative estimate of drug-likeness (QED) is 0.166. The molecule has 6 unspecified atom stereocenters. The second-order valence-electron chi connectivity index (χ2n) is 6.22. The van der Waals surface area contributed by atoms with Crippen molar-refractivity contribution in [3.63, 3.8) is 0 Å². The minimum absolute atomic E-state index is 0.829. The number of carbonyl (C=O) groups is 5. The normalized spacial score (nSPS) is 17.2. The van der Waals surface area contributed by atoms with E-state index in [1.54, 1.807) is 0 Å². The van der Waals surface area contributed by atoms with E-state index < -0.39 is 72.5 Å². The molecule has 0 aliphatic rings. The van der Waals surface area contributed by atoms with Gasteiger partial charge in [-0.05, 0) is 20.8 Å². The van der Waals surface area contributed by atoms with Crippen molar-refractivity contribution in [1.29, 1.82) is 0 Å². The number of nitrogens with two attached hydrogens (primary N) is 1.